The normalized spacial score (nSPS) is 18.8. The molecule has 0 saturated carbocycles. The van der Waals surface area contributed by atoms with Gasteiger partial charge in [-0.3, -0.25) is 0 Å². The molecule has 4 aromatic carbocycles. The van der Waals surface area contributed by atoms with Crippen LogP contribution >= 0.6 is 0 Å². The minimum absolute atomic E-state index is 0.103. The van der Waals surface area contributed by atoms with Crippen molar-refractivity contribution in [1.82, 2.24) is 9.13 Å². The molecule has 2 heteroatoms. The average Bonchev–Trinajstić information content (AvgIpc) is 3.60. The zero-order chi connectivity index (χ0) is 27.3. The summed E-state index contributed by atoms with van der Waals surface area (Å²) in [4.78, 5) is 0. The van der Waals surface area contributed by atoms with Gasteiger partial charge in [0.05, 0.1) is 16.6 Å². The highest BCUT2D eigenvalue weighted by Gasteiger charge is 2.44. The van der Waals surface area contributed by atoms with Crippen molar-refractivity contribution in [3.8, 4) is 5.69 Å². The lowest BCUT2D eigenvalue weighted by atomic mass is 9.74. The SMILES string of the molecule is CC1(C)c2ccccc2C2=CC=C(n3c4ccccc4c4cc5c(cc43)c3c(n5-c4ccccc4)C=CCC3)CC21. The third kappa shape index (κ3) is 3.08. The van der Waals surface area contributed by atoms with Crippen LogP contribution in [0.1, 0.15) is 49.1 Å². The zero-order valence-corrected chi connectivity index (χ0v) is 23.6. The van der Waals surface area contributed by atoms with Crippen LogP contribution in [0.2, 0.25) is 0 Å². The van der Waals surface area contributed by atoms with Gasteiger partial charge in [0, 0.05) is 33.2 Å². The molecule has 41 heavy (non-hydrogen) atoms. The van der Waals surface area contributed by atoms with Crippen LogP contribution in [0.3, 0.4) is 0 Å². The number of aromatic nitrogens is 2. The second-order valence-corrected chi connectivity index (χ2v) is 12.5. The minimum atomic E-state index is 0.103. The van der Waals surface area contributed by atoms with Crippen LogP contribution in [0.15, 0.2) is 109 Å². The third-order valence-electron chi connectivity index (χ3n) is 10.1. The minimum Gasteiger partial charge on any atom is -0.313 e. The zero-order valence-electron chi connectivity index (χ0n) is 23.6. The van der Waals surface area contributed by atoms with E-state index in [1.54, 1.807) is 0 Å². The number of hydrogen-bond donors (Lipinski definition) is 0. The van der Waals surface area contributed by atoms with E-state index in [9.17, 15) is 0 Å². The molecule has 2 heterocycles. The van der Waals surface area contributed by atoms with Crippen LogP contribution in [0.5, 0.6) is 0 Å². The molecule has 0 spiro atoms. The van der Waals surface area contributed by atoms with Gasteiger partial charge < -0.3 is 9.13 Å². The lowest BCUT2D eigenvalue weighted by molar-refractivity contribution is 0.415. The van der Waals surface area contributed by atoms with Gasteiger partial charge in [0.25, 0.3) is 0 Å². The Balaban J connectivity index is 1.32. The van der Waals surface area contributed by atoms with E-state index < -0.39 is 0 Å². The number of allylic oxidation sites excluding steroid dienone is 5. The van der Waals surface area contributed by atoms with Gasteiger partial charge in [-0.1, -0.05) is 86.7 Å². The molecule has 0 N–H and O–H groups in total. The Bertz CT molecular complexity index is 2140. The number of aryl methyl sites for hydroxylation is 1. The van der Waals surface area contributed by atoms with Crippen LogP contribution in [0.4, 0.5) is 0 Å². The highest BCUT2D eigenvalue weighted by molar-refractivity contribution is 6.15. The fourth-order valence-corrected chi connectivity index (χ4v) is 8.12. The molecule has 3 aliphatic carbocycles. The molecule has 6 aromatic rings. The predicted octanol–water partition coefficient (Wildman–Crippen LogP) is 9.93. The van der Waals surface area contributed by atoms with E-state index >= 15 is 0 Å². The Morgan fingerprint density at radius 3 is 2.37 bits per heavy atom. The summed E-state index contributed by atoms with van der Waals surface area (Å²) in [6.07, 6.45) is 12.7. The highest BCUT2D eigenvalue weighted by Crippen LogP contribution is 2.54. The van der Waals surface area contributed by atoms with Crippen molar-refractivity contribution in [2.75, 3.05) is 0 Å². The molecule has 0 amide bonds. The van der Waals surface area contributed by atoms with Gasteiger partial charge in [0.1, 0.15) is 0 Å². The second-order valence-electron chi connectivity index (χ2n) is 12.5. The molecule has 0 aliphatic heterocycles. The lowest BCUT2D eigenvalue weighted by Gasteiger charge is -2.32. The molecule has 9 rings (SSSR count). The van der Waals surface area contributed by atoms with Gasteiger partial charge in [0.2, 0.25) is 0 Å². The number of hydrogen-bond acceptors (Lipinski definition) is 0. The molecule has 1 atom stereocenters. The number of benzene rings is 4. The molecule has 3 aliphatic rings. The van der Waals surface area contributed by atoms with E-state index in [1.165, 1.54) is 72.1 Å². The molecule has 1 unspecified atom stereocenters. The smallest absolute Gasteiger partial charge is 0.0545 e. The molecule has 0 radical (unpaired) electrons. The van der Waals surface area contributed by atoms with E-state index in [2.05, 4.69) is 138 Å². The van der Waals surface area contributed by atoms with E-state index in [0.717, 1.165) is 19.3 Å². The first-order valence-electron chi connectivity index (χ1n) is 14.9. The Morgan fingerprint density at radius 1 is 0.707 bits per heavy atom. The van der Waals surface area contributed by atoms with E-state index in [4.69, 9.17) is 0 Å². The summed E-state index contributed by atoms with van der Waals surface area (Å²) in [6.45, 7) is 4.86. The summed E-state index contributed by atoms with van der Waals surface area (Å²) >= 11 is 0. The molecular weight excluding hydrogens is 496 g/mol. The van der Waals surface area contributed by atoms with Gasteiger partial charge in [0.15, 0.2) is 0 Å². The van der Waals surface area contributed by atoms with Crippen LogP contribution in [0, 0.1) is 5.92 Å². The number of fused-ring (bicyclic) bond motifs is 9. The fourth-order valence-electron chi connectivity index (χ4n) is 8.12. The first-order chi connectivity index (χ1) is 20.1. The maximum absolute atomic E-state index is 2.57. The Kier molecular flexibility index (Phi) is 4.66. The van der Waals surface area contributed by atoms with Crippen LogP contribution < -0.4 is 0 Å². The van der Waals surface area contributed by atoms with Gasteiger partial charge >= 0.3 is 0 Å². The molecule has 198 valence electrons. The molecule has 0 saturated heterocycles. The monoisotopic (exact) mass is 528 g/mol. The van der Waals surface area contributed by atoms with Crippen molar-refractivity contribution < 1.29 is 0 Å². The van der Waals surface area contributed by atoms with Crippen molar-refractivity contribution >= 4 is 50.1 Å². The molecule has 0 fully saturated rings. The van der Waals surface area contributed by atoms with Crippen molar-refractivity contribution in [3.05, 3.63) is 132 Å². The first kappa shape index (κ1) is 23.2. The quantitative estimate of drug-likeness (QED) is 0.212. The maximum Gasteiger partial charge on any atom is 0.0545 e. The summed E-state index contributed by atoms with van der Waals surface area (Å²) in [6, 6.07) is 33.8. The largest absolute Gasteiger partial charge is 0.313 e. The summed E-state index contributed by atoms with van der Waals surface area (Å²) in [7, 11) is 0. The summed E-state index contributed by atoms with van der Waals surface area (Å²) in [5.41, 5.74) is 13.9. The van der Waals surface area contributed by atoms with Gasteiger partial charge in [-0.2, -0.15) is 0 Å². The first-order valence-corrected chi connectivity index (χ1v) is 14.9. The topological polar surface area (TPSA) is 9.86 Å². The van der Waals surface area contributed by atoms with Gasteiger partial charge in [-0.15, -0.1) is 0 Å². The standard InChI is InChI=1S/C39H32N2/c1-39(2)33-17-9-6-14-27(33)28-21-20-26(22-34(28)39)41-36-19-11-8-16-30(36)32-23-37-31(24-38(32)41)29-15-7-10-18-35(29)40(37)25-12-4-3-5-13-25/h3-6,8-14,16-21,23-24,34H,7,15,22H2,1-2H3. The summed E-state index contributed by atoms with van der Waals surface area (Å²) in [5.74, 6) is 0.469. The van der Waals surface area contributed by atoms with Crippen molar-refractivity contribution in [2.45, 2.75) is 38.5 Å². The number of nitrogens with zero attached hydrogens (tertiary/aromatic N) is 2. The molecule has 0 bridgehead atoms. The fraction of sp³-hybridized carbons (Fsp3) is 0.179. The van der Waals surface area contributed by atoms with Crippen molar-refractivity contribution in [2.24, 2.45) is 5.92 Å². The maximum atomic E-state index is 2.57. The summed E-state index contributed by atoms with van der Waals surface area (Å²) < 4.78 is 5.04. The Morgan fingerprint density at radius 2 is 1.46 bits per heavy atom. The number of rotatable bonds is 2. The van der Waals surface area contributed by atoms with Gasteiger partial charge in [-0.05, 0) is 95.3 Å². The second kappa shape index (κ2) is 8.24. The van der Waals surface area contributed by atoms with Crippen LogP contribution in [-0.2, 0) is 11.8 Å². The lowest BCUT2D eigenvalue weighted by Crippen LogP contribution is -2.25. The predicted molar refractivity (Wildman–Crippen MR) is 173 cm³/mol. The van der Waals surface area contributed by atoms with Crippen LogP contribution in [-0.4, -0.2) is 9.13 Å². The van der Waals surface area contributed by atoms with E-state index in [1.807, 2.05) is 0 Å². The van der Waals surface area contributed by atoms with Gasteiger partial charge in [-0.25, -0.2) is 0 Å². The van der Waals surface area contributed by atoms with Crippen LogP contribution in [0.25, 0.3) is 55.7 Å². The average molecular weight is 529 g/mol. The van der Waals surface area contributed by atoms with E-state index in [0.29, 0.717) is 5.92 Å². The van der Waals surface area contributed by atoms with Crippen molar-refractivity contribution in [1.29, 1.82) is 0 Å². The third-order valence-corrected chi connectivity index (χ3v) is 10.1. The summed E-state index contributed by atoms with van der Waals surface area (Å²) in [5, 5.41) is 4.03. The van der Waals surface area contributed by atoms with Crippen molar-refractivity contribution in [3.63, 3.8) is 0 Å². The highest BCUT2D eigenvalue weighted by atomic mass is 15.0. The molecular formula is C39H32N2. The number of para-hydroxylation sites is 2. The molecule has 2 nitrogen and oxygen atoms in total. The Hall–Kier alpha value is -4.56. The molecule has 2 aromatic heterocycles. The Labute approximate surface area is 240 Å². The van der Waals surface area contributed by atoms with E-state index in [-0.39, 0.29) is 5.41 Å².